The largest absolute Gasteiger partial charge is 0.497 e. The molecule has 0 spiro atoms. The predicted octanol–water partition coefficient (Wildman–Crippen LogP) is 2.19. The topological polar surface area (TPSA) is 88.1 Å². The van der Waals surface area contributed by atoms with Crippen LogP contribution >= 0.6 is 0 Å². The minimum absolute atomic E-state index is 0.00647. The Morgan fingerprint density at radius 3 is 2.58 bits per heavy atom. The Morgan fingerprint density at radius 2 is 1.92 bits per heavy atom. The fourth-order valence-corrected chi connectivity index (χ4v) is 3.65. The van der Waals surface area contributed by atoms with Crippen LogP contribution in [-0.4, -0.2) is 52.5 Å². The Hall–Kier alpha value is -1.80. The molecule has 0 amide bonds. The molecule has 2 rings (SSSR count). The van der Waals surface area contributed by atoms with Gasteiger partial charge in [-0.15, -0.1) is 0 Å². The number of hydrogen-bond acceptors (Lipinski definition) is 7. The number of rotatable bonds is 9. The molecule has 0 N–H and O–H groups in total. The number of benzene rings is 1. The van der Waals surface area contributed by atoms with Gasteiger partial charge in [0.05, 0.1) is 31.5 Å². The molecular formula is C18H26O7S. The third-order valence-electron chi connectivity index (χ3n) is 4.13. The van der Waals surface area contributed by atoms with Crippen molar-refractivity contribution >= 4 is 15.8 Å². The Labute approximate surface area is 154 Å². The number of sulfone groups is 1. The van der Waals surface area contributed by atoms with Crippen molar-refractivity contribution in [3.05, 3.63) is 24.3 Å². The maximum atomic E-state index is 12.0. The summed E-state index contributed by atoms with van der Waals surface area (Å²) in [5.74, 6) is -0.0599. The van der Waals surface area contributed by atoms with Gasteiger partial charge in [0.15, 0.2) is 15.8 Å². The smallest absolute Gasteiger partial charge is 0.310 e. The van der Waals surface area contributed by atoms with Crippen molar-refractivity contribution in [2.45, 2.75) is 32.3 Å². The summed E-state index contributed by atoms with van der Waals surface area (Å²) >= 11 is 0. The van der Waals surface area contributed by atoms with Gasteiger partial charge in [0.2, 0.25) is 0 Å². The average Bonchev–Trinajstić information content (AvgIpc) is 2.64. The first-order valence-electron chi connectivity index (χ1n) is 8.65. The minimum Gasteiger partial charge on any atom is -0.497 e. The molecule has 1 aliphatic heterocycles. The lowest BCUT2D eigenvalue weighted by Crippen LogP contribution is -2.31. The van der Waals surface area contributed by atoms with E-state index >= 15 is 0 Å². The zero-order valence-corrected chi connectivity index (χ0v) is 16.0. The van der Waals surface area contributed by atoms with Crippen LogP contribution in [0.2, 0.25) is 0 Å². The normalized spacial score (nSPS) is 20.4. The van der Waals surface area contributed by atoms with Gasteiger partial charge in [-0.3, -0.25) is 4.79 Å². The maximum Gasteiger partial charge on any atom is 0.310 e. The SMILES string of the molecule is COc1ccc(OCCCS(=O)(=O)COC(=O)C2CCOC(C)C2)cc1. The minimum atomic E-state index is -3.47. The summed E-state index contributed by atoms with van der Waals surface area (Å²) in [4.78, 5) is 12.0. The van der Waals surface area contributed by atoms with Gasteiger partial charge in [-0.1, -0.05) is 0 Å². The van der Waals surface area contributed by atoms with Gasteiger partial charge in [-0.25, -0.2) is 8.42 Å². The quantitative estimate of drug-likeness (QED) is 0.475. The predicted molar refractivity (Wildman–Crippen MR) is 96.0 cm³/mol. The average molecular weight is 386 g/mol. The van der Waals surface area contributed by atoms with Crippen LogP contribution in [0.3, 0.4) is 0 Å². The molecular weight excluding hydrogens is 360 g/mol. The Balaban J connectivity index is 1.66. The van der Waals surface area contributed by atoms with Crippen LogP contribution in [0, 0.1) is 5.92 Å². The first-order valence-corrected chi connectivity index (χ1v) is 10.5. The van der Waals surface area contributed by atoms with Gasteiger partial charge in [-0.2, -0.15) is 0 Å². The standard InChI is InChI=1S/C18H26O7S/c1-14-12-15(8-10-23-14)18(19)25-13-26(20,21)11-3-9-24-17-6-4-16(22-2)5-7-17/h4-7,14-15H,3,8-13H2,1-2H3. The van der Waals surface area contributed by atoms with E-state index in [4.69, 9.17) is 18.9 Å². The van der Waals surface area contributed by atoms with Crippen molar-refractivity contribution in [3.63, 3.8) is 0 Å². The zero-order chi connectivity index (χ0) is 19.0. The Bertz CT molecular complexity index is 669. The molecule has 0 aromatic heterocycles. The van der Waals surface area contributed by atoms with Crippen molar-refractivity contribution in [3.8, 4) is 11.5 Å². The summed E-state index contributed by atoms with van der Waals surface area (Å²) in [5, 5.41) is 0. The Kier molecular flexibility index (Phi) is 7.71. The monoisotopic (exact) mass is 386 g/mol. The number of esters is 1. The first kappa shape index (κ1) is 20.5. The molecule has 1 aromatic rings. The van der Waals surface area contributed by atoms with E-state index in [1.807, 2.05) is 6.92 Å². The van der Waals surface area contributed by atoms with E-state index in [1.165, 1.54) is 0 Å². The fraction of sp³-hybridized carbons (Fsp3) is 0.611. The van der Waals surface area contributed by atoms with E-state index in [9.17, 15) is 13.2 Å². The number of methoxy groups -OCH3 is 1. The van der Waals surface area contributed by atoms with E-state index in [0.29, 0.717) is 31.6 Å². The van der Waals surface area contributed by atoms with E-state index in [0.717, 1.165) is 5.75 Å². The highest BCUT2D eigenvalue weighted by molar-refractivity contribution is 7.91. The number of hydrogen-bond donors (Lipinski definition) is 0. The van der Waals surface area contributed by atoms with E-state index in [1.54, 1.807) is 31.4 Å². The lowest BCUT2D eigenvalue weighted by Gasteiger charge is -2.25. The third kappa shape index (κ3) is 6.84. The van der Waals surface area contributed by atoms with Crippen LogP contribution in [0.5, 0.6) is 11.5 Å². The van der Waals surface area contributed by atoms with Gasteiger partial charge >= 0.3 is 5.97 Å². The van der Waals surface area contributed by atoms with E-state index < -0.39 is 21.7 Å². The molecule has 0 aliphatic carbocycles. The van der Waals surface area contributed by atoms with Crippen molar-refractivity contribution in [2.24, 2.45) is 5.92 Å². The molecule has 1 saturated heterocycles. The lowest BCUT2D eigenvalue weighted by atomic mass is 9.97. The van der Waals surface area contributed by atoms with Gasteiger partial charge < -0.3 is 18.9 Å². The first-order chi connectivity index (χ1) is 12.4. The maximum absolute atomic E-state index is 12.0. The third-order valence-corrected chi connectivity index (χ3v) is 5.51. The van der Waals surface area contributed by atoms with Crippen LogP contribution in [0.25, 0.3) is 0 Å². The fourth-order valence-electron chi connectivity index (χ4n) is 2.68. The molecule has 2 atom stereocenters. The van der Waals surface area contributed by atoms with Crippen LogP contribution < -0.4 is 9.47 Å². The number of carbonyl (C=O) groups is 1. The molecule has 0 radical (unpaired) electrons. The summed E-state index contributed by atoms with van der Waals surface area (Å²) < 4.78 is 44.9. The molecule has 1 heterocycles. The molecule has 1 aromatic carbocycles. The molecule has 8 heteroatoms. The second-order valence-corrected chi connectivity index (χ2v) is 8.44. The highest BCUT2D eigenvalue weighted by atomic mass is 32.2. The van der Waals surface area contributed by atoms with Gasteiger partial charge in [0.25, 0.3) is 0 Å². The van der Waals surface area contributed by atoms with Crippen LogP contribution in [0.1, 0.15) is 26.2 Å². The summed E-state index contributed by atoms with van der Waals surface area (Å²) in [6.07, 6.45) is 1.45. The highest BCUT2D eigenvalue weighted by Crippen LogP contribution is 2.21. The molecule has 146 valence electrons. The molecule has 0 bridgehead atoms. The molecule has 2 unspecified atom stereocenters. The second kappa shape index (κ2) is 9.78. The zero-order valence-electron chi connectivity index (χ0n) is 15.2. The summed E-state index contributed by atoms with van der Waals surface area (Å²) in [6.45, 7) is 2.65. The number of carbonyl (C=O) groups excluding carboxylic acids is 1. The van der Waals surface area contributed by atoms with E-state index in [2.05, 4.69) is 0 Å². The summed E-state index contributed by atoms with van der Waals surface area (Å²) in [6, 6.07) is 7.04. The molecule has 1 aliphatic rings. The lowest BCUT2D eigenvalue weighted by molar-refractivity contribution is -0.151. The summed E-state index contributed by atoms with van der Waals surface area (Å²) in [5.41, 5.74) is 0. The molecule has 0 saturated carbocycles. The molecule has 26 heavy (non-hydrogen) atoms. The van der Waals surface area contributed by atoms with E-state index in [-0.39, 0.29) is 24.4 Å². The van der Waals surface area contributed by atoms with Crippen molar-refractivity contribution < 1.29 is 32.2 Å². The molecule has 1 fully saturated rings. The van der Waals surface area contributed by atoms with Gasteiger partial charge in [0.1, 0.15) is 11.5 Å². The highest BCUT2D eigenvalue weighted by Gasteiger charge is 2.27. The van der Waals surface area contributed by atoms with Crippen molar-refractivity contribution in [1.82, 2.24) is 0 Å². The van der Waals surface area contributed by atoms with Gasteiger partial charge in [-0.05, 0) is 50.5 Å². The van der Waals surface area contributed by atoms with Crippen LogP contribution in [-0.2, 0) is 24.1 Å². The molecule has 7 nitrogen and oxygen atoms in total. The van der Waals surface area contributed by atoms with Crippen LogP contribution in [0.15, 0.2) is 24.3 Å². The van der Waals surface area contributed by atoms with Gasteiger partial charge in [0, 0.05) is 6.61 Å². The Morgan fingerprint density at radius 1 is 1.23 bits per heavy atom. The number of ether oxygens (including phenoxy) is 4. The van der Waals surface area contributed by atoms with Crippen molar-refractivity contribution in [1.29, 1.82) is 0 Å². The summed E-state index contributed by atoms with van der Waals surface area (Å²) in [7, 11) is -1.89. The van der Waals surface area contributed by atoms with Crippen LogP contribution in [0.4, 0.5) is 0 Å². The van der Waals surface area contributed by atoms with Crippen molar-refractivity contribution in [2.75, 3.05) is 32.0 Å². The second-order valence-electron chi connectivity index (χ2n) is 6.31.